The zero-order chi connectivity index (χ0) is 17.0. The van der Waals surface area contributed by atoms with Crippen molar-refractivity contribution in [3.05, 3.63) is 0 Å². The molecule has 1 heterocycles. The largest absolute Gasteiger partial charge is 0.444 e. The summed E-state index contributed by atoms with van der Waals surface area (Å²) in [4.78, 5) is 26.0. The second-order valence-electron chi connectivity index (χ2n) is 6.82. The van der Waals surface area contributed by atoms with Gasteiger partial charge in [0.25, 0.3) is 0 Å². The van der Waals surface area contributed by atoms with Gasteiger partial charge in [0.1, 0.15) is 5.60 Å². The number of rotatable bonds is 5. The minimum atomic E-state index is -0.622. The molecule has 1 aliphatic heterocycles. The fourth-order valence-corrected chi connectivity index (χ4v) is 2.28. The Morgan fingerprint density at radius 3 is 2.36 bits per heavy atom. The van der Waals surface area contributed by atoms with Gasteiger partial charge in [-0.05, 0) is 34.1 Å². The second kappa shape index (κ2) is 7.28. The molecule has 1 N–H and O–H groups in total. The van der Waals surface area contributed by atoms with Crippen LogP contribution in [0.1, 0.15) is 34.1 Å². The van der Waals surface area contributed by atoms with Crippen molar-refractivity contribution in [1.29, 1.82) is 0 Å². The van der Waals surface area contributed by atoms with Crippen LogP contribution in [0.25, 0.3) is 0 Å². The fourth-order valence-electron chi connectivity index (χ4n) is 2.28. The van der Waals surface area contributed by atoms with E-state index in [9.17, 15) is 9.59 Å². The summed E-state index contributed by atoms with van der Waals surface area (Å²) in [6.45, 7) is 8.44. The molecule has 0 aliphatic carbocycles. The first-order valence-electron chi connectivity index (χ1n) is 7.43. The molecule has 128 valence electrons. The molecule has 2 amide bonds. The van der Waals surface area contributed by atoms with Crippen LogP contribution >= 0.6 is 0 Å². The van der Waals surface area contributed by atoms with Crippen LogP contribution in [-0.2, 0) is 19.0 Å². The maximum Gasteiger partial charge on any atom is 0.410 e. The van der Waals surface area contributed by atoms with Crippen molar-refractivity contribution in [1.82, 2.24) is 10.2 Å². The summed E-state index contributed by atoms with van der Waals surface area (Å²) < 4.78 is 15.4. The van der Waals surface area contributed by atoms with Gasteiger partial charge in [0, 0.05) is 27.3 Å². The highest BCUT2D eigenvalue weighted by atomic mass is 16.7. The van der Waals surface area contributed by atoms with Crippen LogP contribution in [0.5, 0.6) is 0 Å². The van der Waals surface area contributed by atoms with E-state index < -0.39 is 17.3 Å². The van der Waals surface area contributed by atoms with Gasteiger partial charge < -0.3 is 24.4 Å². The van der Waals surface area contributed by atoms with E-state index >= 15 is 0 Å². The number of likely N-dealkylation sites (tertiary alicyclic amines) is 1. The van der Waals surface area contributed by atoms with E-state index in [1.165, 1.54) is 14.2 Å². The Morgan fingerprint density at radius 2 is 1.86 bits per heavy atom. The molecule has 1 fully saturated rings. The summed E-state index contributed by atoms with van der Waals surface area (Å²) in [6.07, 6.45) is -0.255. The Bertz CT molecular complexity index is 403. The van der Waals surface area contributed by atoms with E-state index in [0.717, 1.165) is 0 Å². The van der Waals surface area contributed by atoms with Crippen LogP contribution in [0.4, 0.5) is 4.79 Å². The van der Waals surface area contributed by atoms with E-state index in [1.54, 1.807) is 4.90 Å². The summed E-state index contributed by atoms with van der Waals surface area (Å²) in [5, 5.41) is 2.81. The summed E-state index contributed by atoms with van der Waals surface area (Å²) in [5.41, 5.74) is -1.16. The number of nitrogens with zero attached hydrogens (tertiary/aromatic N) is 1. The Hall–Kier alpha value is -1.34. The molecule has 1 saturated heterocycles. The standard InChI is InChI=1S/C15H28N2O5/c1-14(2,3)22-13(19)17-8-7-15(4,10-17)12(18)16-9-11(20-5)21-6/h11H,7-10H2,1-6H3,(H,16,18). The van der Waals surface area contributed by atoms with E-state index in [2.05, 4.69) is 5.32 Å². The Morgan fingerprint density at radius 1 is 1.27 bits per heavy atom. The van der Waals surface area contributed by atoms with Gasteiger partial charge in [-0.1, -0.05) is 0 Å². The third-order valence-electron chi connectivity index (χ3n) is 3.63. The van der Waals surface area contributed by atoms with Crippen molar-refractivity contribution in [3.8, 4) is 0 Å². The summed E-state index contributed by atoms with van der Waals surface area (Å²) in [5.74, 6) is -0.113. The average molecular weight is 316 g/mol. The predicted octanol–water partition coefficient (Wildman–Crippen LogP) is 1.37. The van der Waals surface area contributed by atoms with Gasteiger partial charge in [0.2, 0.25) is 5.91 Å². The summed E-state index contributed by atoms with van der Waals surface area (Å²) >= 11 is 0. The van der Waals surface area contributed by atoms with Crippen molar-refractivity contribution in [3.63, 3.8) is 0 Å². The number of ether oxygens (including phenoxy) is 3. The highest BCUT2D eigenvalue weighted by molar-refractivity contribution is 5.84. The normalized spacial score (nSPS) is 22.0. The van der Waals surface area contributed by atoms with E-state index in [4.69, 9.17) is 14.2 Å². The fraction of sp³-hybridized carbons (Fsp3) is 0.867. The first-order chi connectivity index (χ1) is 10.1. The SMILES string of the molecule is COC(CNC(=O)C1(C)CCN(C(=O)OC(C)(C)C)C1)OC. The minimum Gasteiger partial charge on any atom is -0.444 e. The van der Waals surface area contributed by atoms with Crippen molar-refractivity contribution in [2.24, 2.45) is 5.41 Å². The number of carbonyl (C=O) groups is 2. The van der Waals surface area contributed by atoms with Crippen LogP contribution in [0, 0.1) is 5.41 Å². The Kier molecular flexibility index (Phi) is 6.19. The minimum absolute atomic E-state index is 0.113. The molecule has 0 saturated carbocycles. The highest BCUT2D eigenvalue weighted by Crippen LogP contribution is 2.31. The highest BCUT2D eigenvalue weighted by Gasteiger charge is 2.43. The lowest BCUT2D eigenvalue weighted by atomic mass is 9.89. The molecule has 0 radical (unpaired) electrons. The topological polar surface area (TPSA) is 77.1 Å². The Labute approximate surface area is 132 Å². The zero-order valence-corrected chi connectivity index (χ0v) is 14.4. The van der Waals surface area contributed by atoms with Crippen LogP contribution in [0.3, 0.4) is 0 Å². The maximum atomic E-state index is 12.4. The predicted molar refractivity (Wildman–Crippen MR) is 81.3 cm³/mol. The van der Waals surface area contributed by atoms with E-state index in [1.807, 2.05) is 27.7 Å². The molecule has 0 aromatic rings. The van der Waals surface area contributed by atoms with Crippen molar-refractivity contribution in [2.45, 2.75) is 46.0 Å². The third-order valence-corrected chi connectivity index (χ3v) is 3.63. The Balaban J connectivity index is 2.55. The molecule has 1 atom stereocenters. The van der Waals surface area contributed by atoms with Gasteiger partial charge in [-0.3, -0.25) is 4.79 Å². The molecule has 0 bridgehead atoms. The number of hydrogen-bond donors (Lipinski definition) is 1. The van der Waals surface area contributed by atoms with E-state index in [0.29, 0.717) is 19.5 Å². The molecular weight excluding hydrogens is 288 g/mol. The number of methoxy groups -OCH3 is 2. The maximum absolute atomic E-state index is 12.4. The van der Waals surface area contributed by atoms with Gasteiger partial charge in [-0.15, -0.1) is 0 Å². The first kappa shape index (κ1) is 18.7. The molecular formula is C15H28N2O5. The molecule has 0 aromatic carbocycles. The van der Waals surface area contributed by atoms with Crippen molar-refractivity contribution >= 4 is 12.0 Å². The molecule has 7 nitrogen and oxygen atoms in total. The number of hydrogen-bond acceptors (Lipinski definition) is 5. The number of amides is 2. The number of nitrogens with one attached hydrogen (secondary N) is 1. The van der Waals surface area contributed by atoms with Gasteiger partial charge in [-0.2, -0.15) is 0 Å². The van der Waals surface area contributed by atoms with Crippen molar-refractivity contribution < 1.29 is 23.8 Å². The monoisotopic (exact) mass is 316 g/mol. The molecule has 0 spiro atoms. The quantitative estimate of drug-likeness (QED) is 0.775. The molecule has 7 heteroatoms. The lowest BCUT2D eigenvalue weighted by molar-refractivity contribution is -0.135. The molecule has 1 rings (SSSR count). The van der Waals surface area contributed by atoms with Crippen LogP contribution in [0.2, 0.25) is 0 Å². The summed E-state index contributed by atoms with van der Waals surface area (Å²) in [6, 6.07) is 0. The van der Waals surface area contributed by atoms with Gasteiger partial charge in [0.15, 0.2) is 6.29 Å². The van der Waals surface area contributed by atoms with Crippen molar-refractivity contribution in [2.75, 3.05) is 33.9 Å². The van der Waals surface area contributed by atoms with Gasteiger partial charge in [-0.25, -0.2) is 4.79 Å². The van der Waals surface area contributed by atoms with Gasteiger partial charge in [0.05, 0.1) is 12.0 Å². The molecule has 22 heavy (non-hydrogen) atoms. The molecule has 1 unspecified atom stereocenters. The zero-order valence-electron chi connectivity index (χ0n) is 14.4. The second-order valence-corrected chi connectivity index (χ2v) is 6.82. The van der Waals surface area contributed by atoms with Gasteiger partial charge >= 0.3 is 6.09 Å². The lowest BCUT2D eigenvalue weighted by Crippen LogP contribution is -2.45. The molecule has 1 aliphatic rings. The first-order valence-corrected chi connectivity index (χ1v) is 7.43. The van der Waals surface area contributed by atoms with Crippen LogP contribution in [0.15, 0.2) is 0 Å². The smallest absolute Gasteiger partial charge is 0.410 e. The average Bonchev–Trinajstić information content (AvgIpc) is 2.82. The lowest BCUT2D eigenvalue weighted by Gasteiger charge is -2.27. The van der Waals surface area contributed by atoms with Crippen LogP contribution < -0.4 is 5.32 Å². The van der Waals surface area contributed by atoms with Crippen LogP contribution in [-0.4, -0.2) is 62.6 Å². The third kappa shape index (κ3) is 5.14. The van der Waals surface area contributed by atoms with E-state index in [-0.39, 0.29) is 18.5 Å². The summed E-state index contributed by atoms with van der Waals surface area (Å²) in [7, 11) is 3.03. The molecule has 0 aromatic heterocycles. The number of carbonyl (C=O) groups excluding carboxylic acids is 2.